The molecule has 2 aromatic rings. The highest BCUT2D eigenvalue weighted by atomic mass is 16.5. The standard InChI is InChI=1S/C15H17N3O3/c1-3-10-6-7-12(13(9-10)20-2)21-15-11(14(16)18-19)5-4-8-17-15/h4-9,19H,3H2,1-2H3,(H2,16,18). The van der Waals surface area contributed by atoms with E-state index >= 15 is 0 Å². The van der Waals surface area contributed by atoms with Crippen molar-refractivity contribution in [1.29, 1.82) is 0 Å². The maximum atomic E-state index is 8.80. The lowest BCUT2D eigenvalue weighted by Gasteiger charge is -2.12. The molecule has 1 aromatic heterocycles. The summed E-state index contributed by atoms with van der Waals surface area (Å²) in [7, 11) is 1.57. The van der Waals surface area contributed by atoms with Crippen LogP contribution in [0.4, 0.5) is 0 Å². The average Bonchev–Trinajstić information content (AvgIpc) is 2.55. The van der Waals surface area contributed by atoms with Crippen molar-refractivity contribution in [3.8, 4) is 17.4 Å². The summed E-state index contributed by atoms with van der Waals surface area (Å²) >= 11 is 0. The number of benzene rings is 1. The molecule has 0 spiro atoms. The van der Waals surface area contributed by atoms with E-state index in [-0.39, 0.29) is 11.7 Å². The first kappa shape index (κ1) is 14.6. The van der Waals surface area contributed by atoms with Crippen LogP contribution in [0.5, 0.6) is 17.4 Å². The van der Waals surface area contributed by atoms with Crippen LogP contribution in [0.25, 0.3) is 0 Å². The highest BCUT2D eigenvalue weighted by molar-refractivity contribution is 5.99. The predicted octanol–water partition coefficient (Wildman–Crippen LogP) is 2.54. The fourth-order valence-electron chi connectivity index (χ4n) is 1.84. The van der Waals surface area contributed by atoms with E-state index in [1.165, 1.54) is 0 Å². The lowest BCUT2D eigenvalue weighted by molar-refractivity contribution is 0.318. The molecule has 0 unspecified atom stereocenters. The Morgan fingerprint density at radius 1 is 1.33 bits per heavy atom. The van der Waals surface area contributed by atoms with Gasteiger partial charge < -0.3 is 20.4 Å². The number of pyridine rings is 1. The summed E-state index contributed by atoms with van der Waals surface area (Å²) in [6.45, 7) is 2.06. The third kappa shape index (κ3) is 3.22. The molecule has 21 heavy (non-hydrogen) atoms. The molecule has 0 radical (unpaired) electrons. The summed E-state index contributed by atoms with van der Waals surface area (Å²) < 4.78 is 11.1. The number of nitrogens with two attached hydrogens (primary N) is 1. The molecular formula is C15H17N3O3. The van der Waals surface area contributed by atoms with Crippen LogP contribution in [0.1, 0.15) is 18.1 Å². The molecule has 0 fully saturated rings. The molecule has 0 atom stereocenters. The second-order valence-corrected chi connectivity index (χ2v) is 4.28. The Balaban J connectivity index is 2.39. The van der Waals surface area contributed by atoms with Crippen molar-refractivity contribution in [1.82, 2.24) is 4.98 Å². The lowest BCUT2D eigenvalue weighted by Crippen LogP contribution is -2.14. The molecule has 1 heterocycles. The monoisotopic (exact) mass is 287 g/mol. The molecule has 6 heteroatoms. The zero-order valence-electron chi connectivity index (χ0n) is 11.9. The number of aromatic nitrogens is 1. The third-order valence-electron chi connectivity index (χ3n) is 3.00. The van der Waals surface area contributed by atoms with E-state index in [0.29, 0.717) is 17.1 Å². The van der Waals surface area contributed by atoms with Crippen LogP contribution in [0.3, 0.4) is 0 Å². The van der Waals surface area contributed by atoms with Gasteiger partial charge in [-0.2, -0.15) is 0 Å². The zero-order valence-corrected chi connectivity index (χ0v) is 11.9. The topological polar surface area (TPSA) is 90.0 Å². The quantitative estimate of drug-likeness (QED) is 0.382. The molecule has 3 N–H and O–H groups in total. The Morgan fingerprint density at radius 3 is 2.81 bits per heavy atom. The molecule has 0 aliphatic rings. The first-order chi connectivity index (χ1) is 10.2. The van der Waals surface area contributed by atoms with Gasteiger partial charge in [-0.05, 0) is 36.2 Å². The molecular weight excluding hydrogens is 270 g/mol. The molecule has 0 bridgehead atoms. The summed E-state index contributed by atoms with van der Waals surface area (Å²) in [6, 6.07) is 9.00. The van der Waals surface area contributed by atoms with Crippen LogP contribution < -0.4 is 15.2 Å². The van der Waals surface area contributed by atoms with Gasteiger partial charge in [0.25, 0.3) is 0 Å². The van der Waals surface area contributed by atoms with Crippen LogP contribution in [0, 0.1) is 0 Å². The van der Waals surface area contributed by atoms with E-state index in [0.717, 1.165) is 12.0 Å². The average molecular weight is 287 g/mol. The largest absolute Gasteiger partial charge is 0.493 e. The van der Waals surface area contributed by atoms with E-state index in [2.05, 4.69) is 17.1 Å². The number of nitrogens with zero attached hydrogens (tertiary/aromatic N) is 2. The SMILES string of the molecule is CCc1ccc(Oc2ncccc2/C(N)=N/O)c(OC)c1. The number of oxime groups is 1. The minimum atomic E-state index is -0.0674. The number of ether oxygens (including phenoxy) is 2. The van der Waals surface area contributed by atoms with Crippen molar-refractivity contribution in [3.05, 3.63) is 47.7 Å². The summed E-state index contributed by atoms with van der Waals surface area (Å²) in [5.41, 5.74) is 7.15. The fraction of sp³-hybridized carbons (Fsp3) is 0.200. The first-order valence-electron chi connectivity index (χ1n) is 6.47. The lowest BCUT2D eigenvalue weighted by atomic mass is 10.1. The molecule has 6 nitrogen and oxygen atoms in total. The molecule has 2 rings (SSSR count). The van der Waals surface area contributed by atoms with Crippen LogP contribution in [0.15, 0.2) is 41.7 Å². The van der Waals surface area contributed by atoms with Gasteiger partial charge in [-0.1, -0.05) is 18.1 Å². The van der Waals surface area contributed by atoms with Crippen molar-refractivity contribution in [2.75, 3.05) is 7.11 Å². The maximum Gasteiger partial charge on any atom is 0.230 e. The van der Waals surface area contributed by atoms with Gasteiger partial charge in [0.1, 0.15) is 0 Å². The maximum absolute atomic E-state index is 8.80. The number of aryl methyl sites for hydroxylation is 1. The summed E-state index contributed by atoms with van der Waals surface area (Å²) in [5.74, 6) is 1.29. The van der Waals surface area contributed by atoms with Crippen LogP contribution in [0.2, 0.25) is 0 Å². The summed E-state index contributed by atoms with van der Waals surface area (Å²) in [4.78, 5) is 4.11. The highest BCUT2D eigenvalue weighted by Crippen LogP contribution is 2.32. The number of hydrogen-bond donors (Lipinski definition) is 2. The van der Waals surface area contributed by atoms with Crippen molar-refractivity contribution >= 4 is 5.84 Å². The van der Waals surface area contributed by atoms with Gasteiger partial charge >= 0.3 is 0 Å². The van der Waals surface area contributed by atoms with Crippen molar-refractivity contribution in [2.45, 2.75) is 13.3 Å². The minimum Gasteiger partial charge on any atom is -0.493 e. The Hall–Kier alpha value is -2.76. The zero-order chi connectivity index (χ0) is 15.2. The third-order valence-corrected chi connectivity index (χ3v) is 3.00. The van der Waals surface area contributed by atoms with Crippen molar-refractivity contribution < 1.29 is 14.7 Å². The number of methoxy groups -OCH3 is 1. The van der Waals surface area contributed by atoms with Gasteiger partial charge in [-0.25, -0.2) is 4.98 Å². The van der Waals surface area contributed by atoms with Gasteiger partial charge in [-0.15, -0.1) is 0 Å². The van der Waals surface area contributed by atoms with E-state index < -0.39 is 0 Å². The Kier molecular flexibility index (Phi) is 4.61. The molecule has 0 amide bonds. The molecule has 0 aliphatic carbocycles. The Morgan fingerprint density at radius 2 is 2.14 bits per heavy atom. The Labute approximate surface area is 122 Å². The number of rotatable bonds is 5. The van der Waals surface area contributed by atoms with Crippen molar-refractivity contribution in [2.24, 2.45) is 10.9 Å². The summed E-state index contributed by atoms with van der Waals surface area (Å²) in [5, 5.41) is 11.8. The highest BCUT2D eigenvalue weighted by Gasteiger charge is 2.13. The van der Waals surface area contributed by atoms with Gasteiger partial charge in [0.2, 0.25) is 5.88 Å². The van der Waals surface area contributed by atoms with Crippen molar-refractivity contribution in [3.63, 3.8) is 0 Å². The van der Waals surface area contributed by atoms with Gasteiger partial charge in [0.05, 0.1) is 12.7 Å². The predicted molar refractivity (Wildman–Crippen MR) is 79.2 cm³/mol. The first-order valence-corrected chi connectivity index (χ1v) is 6.47. The van der Waals surface area contributed by atoms with Crippen LogP contribution >= 0.6 is 0 Å². The van der Waals surface area contributed by atoms with Crippen LogP contribution in [-0.2, 0) is 6.42 Å². The van der Waals surface area contributed by atoms with Gasteiger partial charge in [0.15, 0.2) is 17.3 Å². The van der Waals surface area contributed by atoms with Crippen LogP contribution in [-0.4, -0.2) is 23.1 Å². The molecule has 1 aromatic carbocycles. The van der Waals surface area contributed by atoms with Gasteiger partial charge in [-0.3, -0.25) is 0 Å². The second-order valence-electron chi connectivity index (χ2n) is 4.28. The molecule has 0 aliphatic heterocycles. The normalized spacial score (nSPS) is 11.2. The summed E-state index contributed by atoms with van der Waals surface area (Å²) in [6.07, 6.45) is 2.46. The van der Waals surface area contributed by atoms with E-state index in [4.69, 9.17) is 20.4 Å². The van der Waals surface area contributed by atoms with E-state index in [1.807, 2.05) is 18.2 Å². The molecule has 110 valence electrons. The van der Waals surface area contributed by atoms with E-state index in [1.54, 1.807) is 25.4 Å². The molecule has 0 saturated carbocycles. The smallest absolute Gasteiger partial charge is 0.230 e. The van der Waals surface area contributed by atoms with Gasteiger partial charge in [0, 0.05) is 6.20 Å². The number of amidine groups is 1. The molecule has 0 saturated heterocycles. The Bertz CT molecular complexity index is 656. The fourth-order valence-corrected chi connectivity index (χ4v) is 1.84. The van der Waals surface area contributed by atoms with E-state index in [9.17, 15) is 0 Å². The second kappa shape index (κ2) is 6.60. The minimum absolute atomic E-state index is 0.0674. The number of hydrogen-bond acceptors (Lipinski definition) is 5.